The minimum absolute atomic E-state index is 0.0743. The molecule has 0 aliphatic carbocycles. The van der Waals surface area contributed by atoms with E-state index in [9.17, 15) is 25.1 Å². The van der Waals surface area contributed by atoms with Crippen molar-refractivity contribution in [2.24, 2.45) is 0 Å². The monoisotopic (exact) mass is 262 g/mol. The Bertz CT molecular complexity index is 461. The van der Waals surface area contributed by atoms with Crippen LogP contribution in [0.3, 0.4) is 0 Å². The molecule has 0 saturated carbocycles. The van der Waals surface area contributed by atoms with Crippen molar-refractivity contribution in [2.45, 2.75) is 18.6 Å². The van der Waals surface area contributed by atoms with Crippen molar-refractivity contribution in [1.29, 1.82) is 0 Å². The number of aliphatic hydroxyl groups is 2. The van der Waals surface area contributed by atoms with Crippen LogP contribution in [-0.4, -0.2) is 32.1 Å². The Morgan fingerprint density at radius 2 is 2.18 bits per heavy atom. The molecule has 2 atom stereocenters. The van der Waals surface area contributed by atoms with Gasteiger partial charge in [0, 0.05) is 11.9 Å². The molecule has 0 aromatic carbocycles. The number of hydrogen-bond acceptors (Lipinski definition) is 5. The standard InChI is InChI=1S/C9H11ClN2O5/c10-2-1-7(13)8(14)6-3-5(12(16)17)4-11-9(6)15/h3-4,7-8,13-14H,1-2H2,(H,11,15). The van der Waals surface area contributed by atoms with E-state index in [0.717, 1.165) is 12.3 Å². The maximum atomic E-state index is 11.4. The zero-order valence-corrected chi connectivity index (χ0v) is 9.42. The molecule has 1 rings (SSSR count). The summed E-state index contributed by atoms with van der Waals surface area (Å²) in [4.78, 5) is 23.3. The molecular formula is C9H11ClN2O5. The van der Waals surface area contributed by atoms with E-state index in [2.05, 4.69) is 4.98 Å². The first-order chi connectivity index (χ1) is 7.97. The predicted molar refractivity (Wildman–Crippen MR) is 60.0 cm³/mol. The molecule has 0 saturated heterocycles. The van der Waals surface area contributed by atoms with E-state index in [0.29, 0.717) is 0 Å². The highest BCUT2D eigenvalue weighted by molar-refractivity contribution is 6.17. The molecule has 8 heteroatoms. The number of aromatic nitrogens is 1. The van der Waals surface area contributed by atoms with E-state index in [4.69, 9.17) is 11.6 Å². The van der Waals surface area contributed by atoms with Crippen molar-refractivity contribution in [3.05, 3.63) is 38.3 Å². The van der Waals surface area contributed by atoms with Gasteiger partial charge in [0.25, 0.3) is 11.2 Å². The first kappa shape index (κ1) is 13.6. The van der Waals surface area contributed by atoms with Crippen LogP contribution < -0.4 is 5.56 Å². The van der Waals surface area contributed by atoms with E-state index in [1.807, 2.05) is 0 Å². The second-order valence-corrected chi connectivity index (χ2v) is 3.77. The van der Waals surface area contributed by atoms with E-state index >= 15 is 0 Å². The summed E-state index contributed by atoms with van der Waals surface area (Å²) in [6, 6.07) is 0.931. The highest BCUT2D eigenvalue weighted by atomic mass is 35.5. The summed E-state index contributed by atoms with van der Waals surface area (Å²) in [7, 11) is 0. The van der Waals surface area contributed by atoms with Gasteiger partial charge in [0.15, 0.2) is 0 Å². The number of H-pyrrole nitrogens is 1. The number of nitrogens with zero attached hydrogens (tertiary/aromatic N) is 1. The van der Waals surface area contributed by atoms with Gasteiger partial charge in [-0.1, -0.05) is 0 Å². The molecule has 0 aliphatic rings. The third-order valence-corrected chi connectivity index (χ3v) is 2.43. The van der Waals surface area contributed by atoms with Gasteiger partial charge in [-0.2, -0.15) is 0 Å². The van der Waals surface area contributed by atoms with Gasteiger partial charge in [-0.15, -0.1) is 11.6 Å². The molecule has 0 fully saturated rings. The topological polar surface area (TPSA) is 116 Å². The molecule has 0 bridgehead atoms. The number of nitrogens with one attached hydrogen (secondary N) is 1. The predicted octanol–water partition coefficient (Wildman–Crippen LogP) is 0.306. The second-order valence-electron chi connectivity index (χ2n) is 3.39. The lowest BCUT2D eigenvalue weighted by molar-refractivity contribution is -0.385. The Kier molecular flexibility index (Phi) is 4.62. The highest BCUT2D eigenvalue weighted by Crippen LogP contribution is 2.19. The third kappa shape index (κ3) is 3.26. The quantitative estimate of drug-likeness (QED) is 0.401. The number of pyridine rings is 1. The van der Waals surface area contributed by atoms with Crippen LogP contribution in [-0.2, 0) is 0 Å². The van der Waals surface area contributed by atoms with Crippen LogP contribution in [0.1, 0.15) is 18.1 Å². The number of rotatable bonds is 5. The summed E-state index contributed by atoms with van der Waals surface area (Å²) < 4.78 is 0. The van der Waals surface area contributed by atoms with Crippen molar-refractivity contribution in [1.82, 2.24) is 4.98 Å². The van der Waals surface area contributed by atoms with Gasteiger partial charge < -0.3 is 15.2 Å². The van der Waals surface area contributed by atoms with Gasteiger partial charge in [-0.25, -0.2) is 0 Å². The smallest absolute Gasteiger partial charge is 0.285 e. The number of halogens is 1. The molecule has 17 heavy (non-hydrogen) atoms. The summed E-state index contributed by atoms with van der Waals surface area (Å²) in [6.45, 7) is 0. The minimum Gasteiger partial charge on any atom is -0.390 e. The fourth-order valence-electron chi connectivity index (χ4n) is 1.29. The zero-order valence-electron chi connectivity index (χ0n) is 8.67. The number of aliphatic hydroxyl groups excluding tert-OH is 2. The average molecular weight is 263 g/mol. The number of hydrogen-bond donors (Lipinski definition) is 3. The summed E-state index contributed by atoms with van der Waals surface area (Å²) in [5, 5.41) is 29.6. The van der Waals surface area contributed by atoms with Gasteiger partial charge in [-0.05, 0) is 6.42 Å². The first-order valence-corrected chi connectivity index (χ1v) is 5.30. The van der Waals surface area contributed by atoms with Crippen LogP contribution in [0, 0.1) is 10.1 Å². The fourth-order valence-corrected chi connectivity index (χ4v) is 1.51. The van der Waals surface area contributed by atoms with E-state index < -0.39 is 22.7 Å². The molecule has 94 valence electrons. The summed E-state index contributed by atoms with van der Waals surface area (Å²) >= 11 is 5.38. The fraction of sp³-hybridized carbons (Fsp3) is 0.444. The van der Waals surface area contributed by atoms with E-state index in [1.165, 1.54) is 0 Å². The molecular weight excluding hydrogens is 252 g/mol. The van der Waals surface area contributed by atoms with Crippen molar-refractivity contribution < 1.29 is 15.1 Å². The van der Waals surface area contributed by atoms with Crippen LogP contribution in [0.5, 0.6) is 0 Å². The number of nitro groups is 1. The molecule has 1 heterocycles. The van der Waals surface area contributed by atoms with Crippen molar-refractivity contribution in [3.63, 3.8) is 0 Å². The molecule has 3 N–H and O–H groups in total. The average Bonchev–Trinajstić information content (AvgIpc) is 2.28. The van der Waals surface area contributed by atoms with E-state index in [1.54, 1.807) is 0 Å². The van der Waals surface area contributed by atoms with Crippen LogP contribution in [0.15, 0.2) is 17.1 Å². The normalized spacial score (nSPS) is 14.3. The third-order valence-electron chi connectivity index (χ3n) is 2.22. The maximum Gasteiger partial charge on any atom is 0.285 e. The highest BCUT2D eigenvalue weighted by Gasteiger charge is 2.23. The van der Waals surface area contributed by atoms with E-state index in [-0.39, 0.29) is 23.6 Å². The minimum atomic E-state index is -1.50. The maximum absolute atomic E-state index is 11.4. The van der Waals surface area contributed by atoms with Crippen LogP contribution >= 0.6 is 11.6 Å². The Balaban J connectivity index is 3.07. The molecule has 7 nitrogen and oxygen atoms in total. The van der Waals surface area contributed by atoms with Gasteiger partial charge >= 0.3 is 0 Å². The number of aromatic amines is 1. The number of alkyl halides is 1. The molecule has 0 aliphatic heterocycles. The van der Waals surface area contributed by atoms with Gasteiger partial charge in [0.1, 0.15) is 6.10 Å². The lowest BCUT2D eigenvalue weighted by Crippen LogP contribution is -2.25. The van der Waals surface area contributed by atoms with Crippen molar-refractivity contribution >= 4 is 17.3 Å². The summed E-state index contributed by atoms with van der Waals surface area (Å²) in [5.74, 6) is 0.102. The van der Waals surface area contributed by atoms with Crippen molar-refractivity contribution in [3.8, 4) is 0 Å². The van der Waals surface area contributed by atoms with Crippen molar-refractivity contribution in [2.75, 3.05) is 5.88 Å². The Labute approximate surface area is 101 Å². The molecule has 1 aromatic rings. The Morgan fingerprint density at radius 3 is 2.71 bits per heavy atom. The molecule has 2 unspecified atom stereocenters. The van der Waals surface area contributed by atoms with Gasteiger partial charge in [0.2, 0.25) is 0 Å². The SMILES string of the molecule is O=c1[nH]cc([N+](=O)[O-])cc1C(O)C(O)CCCl. The summed E-state index contributed by atoms with van der Waals surface area (Å²) in [6.07, 6.45) is -1.75. The van der Waals surface area contributed by atoms with Gasteiger partial charge in [-0.3, -0.25) is 14.9 Å². The summed E-state index contributed by atoms with van der Waals surface area (Å²) in [5.41, 5.74) is -1.30. The van der Waals surface area contributed by atoms with Gasteiger partial charge in [0.05, 0.1) is 22.8 Å². The Morgan fingerprint density at radius 1 is 1.53 bits per heavy atom. The molecule has 1 aromatic heterocycles. The molecule has 0 amide bonds. The molecule has 0 radical (unpaired) electrons. The zero-order chi connectivity index (χ0) is 13.0. The Hall–Kier alpha value is -1.44. The van der Waals surface area contributed by atoms with Crippen LogP contribution in [0.2, 0.25) is 0 Å². The first-order valence-electron chi connectivity index (χ1n) is 4.76. The van der Waals surface area contributed by atoms with Crippen LogP contribution in [0.25, 0.3) is 0 Å². The largest absolute Gasteiger partial charge is 0.390 e. The lowest BCUT2D eigenvalue weighted by atomic mass is 10.0. The second kappa shape index (κ2) is 5.76. The molecule has 0 spiro atoms. The lowest BCUT2D eigenvalue weighted by Gasteiger charge is -2.15. The van der Waals surface area contributed by atoms with Crippen LogP contribution in [0.4, 0.5) is 5.69 Å².